The van der Waals surface area contributed by atoms with Crippen molar-refractivity contribution >= 4 is 23.7 Å². The molecule has 7 heteroatoms. The summed E-state index contributed by atoms with van der Waals surface area (Å²) in [7, 11) is 1.51. The number of thioether (sulfide) groups is 1. The minimum atomic E-state index is -0.374. The Kier molecular flexibility index (Phi) is 4.81. The molecule has 1 N–H and O–H groups in total. The molecule has 0 spiro atoms. The van der Waals surface area contributed by atoms with Crippen molar-refractivity contribution in [1.82, 2.24) is 10.2 Å². The Morgan fingerprint density at radius 3 is 2.67 bits per heavy atom. The van der Waals surface area contributed by atoms with Crippen molar-refractivity contribution in [2.24, 2.45) is 0 Å². The van der Waals surface area contributed by atoms with Crippen molar-refractivity contribution in [3.8, 4) is 17.2 Å². The van der Waals surface area contributed by atoms with E-state index in [-0.39, 0.29) is 11.9 Å². The summed E-state index contributed by atoms with van der Waals surface area (Å²) in [6, 6.07) is 14.7. The predicted octanol–water partition coefficient (Wildman–Crippen LogP) is 3.72. The van der Waals surface area contributed by atoms with Gasteiger partial charge in [0.05, 0.1) is 18.2 Å². The fourth-order valence-electron chi connectivity index (χ4n) is 2.20. The summed E-state index contributed by atoms with van der Waals surface area (Å²) in [6.45, 7) is 0. The first-order valence-electron chi connectivity index (χ1n) is 7.14. The van der Waals surface area contributed by atoms with Crippen LogP contribution in [-0.4, -0.2) is 29.5 Å². The maximum Gasteiger partial charge on any atom is 0.322 e. The first kappa shape index (κ1) is 16.1. The van der Waals surface area contributed by atoms with Crippen LogP contribution >= 0.6 is 11.8 Å². The first-order chi connectivity index (χ1) is 11.7. The Morgan fingerprint density at radius 2 is 1.88 bits per heavy atom. The Balaban J connectivity index is 1.83. The number of carbonyl (C=O) groups is 1. The van der Waals surface area contributed by atoms with Gasteiger partial charge in [0.25, 0.3) is 11.8 Å². The molecule has 0 fully saturated rings. The van der Waals surface area contributed by atoms with Crippen LogP contribution in [0.1, 0.15) is 10.4 Å². The third-order valence-electron chi connectivity index (χ3n) is 3.33. The van der Waals surface area contributed by atoms with Crippen molar-refractivity contribution in [2.75, 3.05) is 18.7 Å². The van der Waals surface area contributed by atoms with Gasteiger partial charge in [0, 0.05) is 4.90 Å². The second-order valence-electron chi connectivity index (χ2n) is 4.77. The number of rotatable bonds is 5. The van der Waals surface area contributed by atoms with Gasteiger partial charge in [-0.25, -0.2) is 0 Å². The second-order valence-corrected chi connectivity index (χ2v) is 5.62. The summed E-state index contributed by atoms with van der Waals surface area (Å²) >= 11 is 1.58. The van der Waals surface area contributed by atoms with Crippen LogP contribution in [0.4, 0.5) is 6.01 Å². The summed E-state index contributed by atoms with van der Waals surface area (Å²) in [4.78, 5) is 13.4. The molecule has 0 aliphatic carbocycles. The molecule has 0 aliphatic rings. The summed E-state index contributed by atoms with van der Waals surface area (Å²) in [5.41, 5.74) is 1.22. The number of aromatic nitrogens is 2. The van der Waals surface area contributed by atoms with Crippen molar-refractivity contribution in [3.63, 3.8) is 0 Å². The highest BCUT2D eigenvalue weighted by atomic mass is 32.2. The standard InChI is InChI=1S/C17H15N3O3S/c1-22-13-9-5-3-7-11(13)15(21)18-17-20-19-16(23-17)12-8-4-6-10-14(12)24-2/h3-10H,1-2H3,(H,18,20,21). The van der Waals surface area contributed by atoms with Crippen LogP contribution in [-0.2, 0) is 0 Å². The van der Waals surface area contributed by atoms with Crippen LogP contribution in [0.15, 0.2) is 57.8 Å². The number of amides is 1. The van der Waals surface area contributed by atoms with E-state index in [9.17, 15) is 4.79 Å². The molecule has 0 radical (unpaired) electrons. The van der Waals surface area contributed by atoms with E-state index < -0.39 is 0 Å². The molecule has 1 aromatic heterocycles. The molecule has 0 saturated heterocycles. The monoisotopic (exact) mass is 341 g/mol. The zero-order chi connectivity index (χ0) is 16.9. The molecule has 3 rings (SSSR count). The highest BCUT2D eigenvalue weighted by molar-refractivity contribution is 7.98. The molecule has 6 nitrogen and oxygen atoms in total. The van der Waals surface area contributed by atoms with Gasteiger partial charge < -0.3 is 9.15 Å². The molecule has 122 valence electrons. The van der Waals surface area contributed by atoms with Gasteiger partial charge in [0.1, 0.15) is 5.75 Å². The highest BCUT2D eigenvalue weighted by Crippen LogP contribution is 2.30. The Bertz CT molecular complexity index is 864. The van der Waals surface area contributed by atoms with E-state index in [1.807, 2.05) is 30.5 Å². The van der Waals surface area contributed by atoms with Gasteiger partial charge in [-0.3, -0.25) is 10.1 Å². The van der Waals surface area contributed by atoms with Crippen molar-refractivity contribution in [1.29, 1.82) is 0 Å². The molecule has 24 heavy (non-hydrogen) atoms. The summed E-state index contributed by atoms with van der Waals surface area (Å²) in [5.74, 6) is 0.457. The minimum absolute atomic E-state index is 0.0387. The van der Waals surface area contributed by atoms with Gasteiger partial charge in [-0.1, -0.05) is 29.4 Å². The lowest BCUT2D eigenvalue weighted by Gasteiger charge is -2.06. The number of anilines is 1. The lowest BCUT2D eigenvalue weighted by molar-refractivity contribution is 0.102. The molecule has 1 amide bonds. The number of benzene rings is 2. The number of methoxy groups -OCH3 is 1. The Labute approximate surface area is 143 Å². The third kappa shape index (κ3) is 3.26. The third-order valence-corrected chi connectivity index (χ3v) is 4.13. The van der Waals surface area contributed by atoms with Crippen LogP contribution < -0.4 is 10.1 Å². The topological polar surface area (TPSA) is 77.2 Å². The largest absolute Gasteiger partial charge is 0.496 e. The van der Waals surface area contributed by atoms with Crippen LogP contribution in [0.2, 0.25) is 0 Å². The number of hydrogen-bond donors (Lipinski definition) is 1. The Morgan fingerprint density at radius 1 is 1.12 bits per heavy atom. The van der Waals surface area contributed by atoms with Gasteiger partial charge in [0.15, 0.2) is 0 Å². The predicted molar refractivity (Wildman–Crippen MR) is 92.5 cm³/mol. The number of hydrogen-bond acceptors (Lipinski definition) is 6. The van der Waals surface area contributed by atoms with E-state index in [0.29, 0.717) is 17.2 Å². The maximum atomic E-state index is 12.3. The first-order valence-corrected chi connectivity index (χ1v) is 8.36. The van der Waals surface area contributed by atoms with Gasteiger partial charge >= 0.3 is 6.01 Å². The van der Waals surface area contributed by atoms with E-state index >= 15 is 0 Å². The molecule has 0 aliphatic heterocycles. The summed E-state index contributed by atoms with van der Waals surface area (Å²) in [6.07, 6.45) is 1.97. The van der Waals surface area contributed by atoms with Crippen molar-refractivity contribution in [3.05, 3.63) is 54.1 Å². The van der Waals surface area contributed by atoms with Gasteiger partial charge in [0.2, 0.25) is 0 Å². The lowest BCUT2D eigenvalue weighted by atomic mass is 10.2. The zero-order valence-corrected chi connectivity index (χ0v) is 14.0. The number of ether oxygens (including phenoxy) is 1. The van der Waals surface area contributed by atoms with Gasteiger partial charge in [-0.15, -0.1) is 16.9 Å². The maximum absolute atomic E-state index is 12.3. The van der Waals surface area contributed by atoms with Crippen molar-refractivity contribution in [2.45, 2.75) is 4.90 Å². The van der Waals surface area contributed by atoms with Crippen LogP contribution in [0.5, 0.6) is 5.75 Å². The SMILES string of the molecule is COc1ccccc1C(=O)Nc1nnc(-c2ccccc2SC)o1. The quantitative estimate of drug-likeness (QED) is 0.713. The van der Waals surface area contributed by atoms with Crippen LogP contribution in [0, 0.1) is 0 Å². The molecule has 3 aromatic rings. The number of nitrogens with zero attached hydrogens (tertiary/aromatic N) is 2. The second kappa shape index (κ2) is 7.18. The molecular formula is C17H15N3O3S. The molecule has 0 saturated carbocycles. The number of carbonyl (C=O) groups excluding carboxylic acids is 1. The van der Waals surface area contributed by atoms with E-state index in [2.05, 4.69) is 15.5 Å². The fourth-order valence-corrected chi connectivity index (χ4v) is 2.79. The summed E-state index contributed by atoms with van der Waals surface area (Å²) < 4.78 is 10.7. The molecule has 0 unspecified atom stereocenters. The highest BCUT2D eigenvalue weighted by Gasteiger charge is 2.16. The van der Waals surface area contributed by atoms with E-state index in [4.69, 9.17) is 9.15 Å². The van der Waals surface area contributed by atoms with E-state index in [1.54, 1.807) is 36.0 Å². The van der Waals surface area contributed by atoms with Gasteiger partial charge in [-0.05, 0) is 30.5 Å². The van der Waals surface area contributed by atoms with E-state index in [0.717, 1.165) is 10.5 Å². The Hall–Kier alpha value is -2.80. The number of para-hydroxylation sites is 1. The van der Waals surface area contributed by atoms with E-state index in [1.165, 1.54) is 7.11 Å². The molecule has 2 aromatic carbocycles. The fraction of sp³-hybridized carbons (Fsp3) is 0.118. The smallest absolute Gasteiger partial charge is 0.322 e. The van der Waals surface area contributed by atoms with Crippen molar-refractivity contribution < 1.29 is 13.9 Å². The minimum Gasteiger partial charge on any atom is -0.496 e. The van der Waals surface area contributed by atoms with Crippen LogP contribution in [0.25, 0.3) is 11.5 Å². The average molecular weight is 341 g/mol. The van der Waals surface area contributed by atoms with Crippen LogP contribution in [0.3, 0.4) is 0 Å². The molecule has 0 atom stereocenters. The normalized spacial score (nSPS) is 10.4. The average Bonchev–Trinajstić information content (AvgIpc) is 3.09. The molecular weight excluding hydrogens is 326 g/mol. The number of nitrogens with one attached hydrogen (secondary N) is 1. The molecule has 1 heterocycles. The molecule has 0 bridgehead atoms. The van der Waals surface area contributed by atoms with Gasteiger partial charge in [-0.2, -0.15) is 0 Å². The summed E-state index contributed by atoms with van der Waals surface area (Å²) in [5, 5.41) is 10.5. The lowest BCUT2D eigenvalue weighted by Crippen LogP contribution is -2.13. The zero-order valence-electron chi connectivity index (χ0n) is 13.1.